The summed E-state index contributed by atoms with van der Waals surface area (Å²) in [6, 6.07) is 3.63. The molecule has 0 aromatic carbocycles. The van der Waals surface area contributed by atoms with Crippen molar-refractivity contribution < 1.29 is 9.53 Å². The number of likely N-dealkylation sites (N-methyl/N-ethyl adjacent to an activating group) is 1. The summed E-state index contributed by atoms with van der Waals surface area (Å²) in [6.45, 7) is 7.12. The number of nitrogens with zero attached hydrogens (tertiary/aromatic N) is 2. The molecule has 0 atom stereocenters. The Morgan fingerprint density at radius 1 is 1.45 bits per heavy atom. The molecule has 1 aromatic heterocycles. The Morgan fingerprint density at radius 3 is 2.70 bits per heavy atom. The summed E-state index contributed by atoms with van der Waals surface area (Å²) in [5, 5.41) is 2.99. The summed E-state index contributed by atoms with van der Waals surface area (Å²) in [5.74, 6) is 0.713. The van der Waals surface area contributed by atoms with Gasteiger partial charge < -0.3 is 15.0 Å². The number of amides is 1. The number of anilines is 1. The van der Waals surface area contributed by atoms with Gasteiger partial charge in [-0.3, -0.25) is 4.79 Å². The van der Waals surface area contributed by atoms with E-state index < -0.39 is 0 Å². The van der Waals surface area contributed by atoms with Gasteiger partial charge in [0.05, 0.1) is 12.7 Å². The fourth-order valence-corrected chi connectivity index (χ4v) is 1.77. The van der Waals surface area contributed by atoms with Crippen molar-refractivity contribution in [2.75, 3.05) is 32.6 Å². The van der Waals surface area contributed by atoms with Crippen LogP contribution in [-0.2, 0) is 11.2 Å². The lowest BCUT2D eigenvalue weighted by Crippen LogP contribution is -2.31. The maximum absolute atomic E-state index is 12.4. The van der Waals surface area contributed by atoms with Gasteiger partial charge in [-0.2, -0.15) is 0 Å². The van der Waals surface area contributed by atoms with E-state index in [-0.39, 0.29) is 12.0 Å². The zero-order valence-electron chi connectivity index (χ0n) is 13.1. The highest BCUT2D eigenvalue weighted by molar-refractivity contribution is 5.94. The fourth-order valence-electron chi connectivity index (χ4n) is 1.77. The van der Waals surface area contributed by atoms with Crippen molar-refractivity contribution in [1.82, 2.24) is 9.88 Å². The third kappa shape index (κ3) is 4.81. The second-order valence-corrected chi connectivity index (χ2v) is 4.98. The molecule has 1 rings (SSSR count). The van der Waals surface area contributed by atoms with Crippen molar-refractivity contribution >= 4 is 11.7 Å². The Bertz CT molecular complexity index is 424. The Hall–Kier alpha value is -1.62. The highest BCUT2D eigenvalue weighted by atomic mass is 16.5. The largest absolute Gasteiger partial charge is 0.377 e. The van der Waals surface area contributed by atoms with Crippen LogP contribution in [0.25, 0.3) is 0 Å². The second-order valence-electron chi connectivity index (χ2n) is 4.98. The number of rotatable bonds is 7. The van der Waals surface area contributed by atoms with Gasteiger partial charge in [-0.25, -0.2) is 4.98 Å². The van der Waals surface area contributed by atoms with Crippen molar-refractivity contribution in [2.24, 2.45) is 0 Å². The first-order valence-electron chi connectivity index (χ1n) is 7.03. The topological polar surface area (TPSA) is 54.5 Å². The van der Waals surface area contributed by atoms with Gasteiger partial charge in [-0.05, 0) is 32.4 Å². The minimum absolute atomic E-state index is 0.00837. The lowest BCUT2D eigenvalue weighted by Gasteiger charge is -2.19. The van der Waals surface area contributed by atoms with E-state index in [4.69, 9.17) is 4.74 Å². The number of nitrogens with one attached hydrogen (secondary N) is 1. The smallest absolute Gasteiger partial charge is 0.253 e. The van der Waals surface area contributed by atoms with Crippen LogP contribution in [0.1, 0.15) is 36.8 Å². The molecule has 0 unspecified atom stereocenters. The molecule has 0 aliphatic heterocycles. The lowest BCUT2D eigenvalue weighted by molar-refractivity contribution is 0.0532. The van der Waals surface area contributed by atoms with Gasteiger partial charge in [0.15, 0.2) is 0 Å². The molecule has 5 heteroatoms. The van der Waals surface area contributed by atoms with Gasteiger partial charge in [-0.15, -0.1) is 0 Å². The van der Waals surface area contributed by atoms with Gasteiger partial charge in [0.1, 0.15) is 5.82 Å². The molecule has 0 saturated heterocycles. The van der Waals surface area contributed by atoms with Crippen LogP contribution in [0.5, 0.6) is 0 Å². The number of carbonyl (C=O) groups is 1. The van der Waals surface area contributed by atoms with Crippen molar-refractivity contribution in [1.29, 1.82) is 0 Å². The van der Waals surface area contributed by atoms with E-state index in [0.717, 1.165) is 17.9 Å². The number of hydrogen-bond donors (Lipinski definition) is 1. The van der Waals surface area contributed by atoms with Crippen molar-refractivity contribution in [3.05, 3.63) is 23.4 Å². The summed E-state index contributed by atoms with van der Waals surface area (Å²) in [4.78, 5) is 18.4. The number of ether oxygens (including phenoxy) is 1. The predicted molar refractivity (Wildman–Crippen MR) is 81.2 cm³/mol. The number of carbonyl (C=O) groups excluding carboxylic acids is 1. The quantitative estimate of drug-likeness (QED) is 0.831. The van der Waals surface area contributed by atoms with Gasteiger partial charge in [0.25, 0.3) is 5.91 Å². The number of pyridine rings is 1. The van der Waals surface area contributed by atoms with Crippen molar-refractivity contribution in [2.45, 2.75) is 33.3 Å². The van der Waals surface area contributed by atoms with E-state index in [9.17, 15) is 4.79 Å². The number of aryl methyl sites for hydroxylation is 1. The molecular formula is C15H25N3O2. The molecule has 0 aliphatic rings. The number of hydrogen-bond acceptors (Lipinski definition) is 4. The van der Waals surface area contributed by atoms with Gasteiger partial charge >= 0.3 is 0 Å². The summed E-state index contributed by atoms with van der Waals surface area (Å²) < 4.78 is 5.47. The zero-order chi connectivity index (χ0) is 15.1. The summed E-state index contributed by atoms with van der Waals surface area (Å²) in [7, 11) is 3.59. The van der Waals surface area contributed by atoms with E-state index in [1.807, 2.05) is 26.8 Å². The van der Waals surface area contributed by atoms with Crippen LogP contribution in [0.2, 0.25) is 0 Å². The maximum atomic E-state index is 12.4. The first kappa shape index (κ1) is 16.4. The lowest BCUT2D eigenvalue weighted by atomic mass is 10.1. The average Bonchev–Trinajstić information content (AvgIpc) is 2.45. The normalized spacial score (nSPS) is 10.7. The zero-order valence-corrected chi connectivity index (χ0v) is 13.1. The molecule has 5 nitrogen and oxygen atoms in total. The first-order valence-corrected chi connectivity index (χ1v) is 7.03. The summed E-state index contributed by atoms with van der Waals surface area (Å²) >= 11 is 0. The maximum Gasteiger partial charge on any atom is 0.253 e. The molecule has 1 N–H and O–H groups in total. The monoisotopic (exact) mass is 279 g/mol. The molecule has 0 spiro atoms. The van der Waals surface area contributed by atoms with E-state index in [2.05, 4.69) is 10.3 Å². The predicted octanol–water partition coefficient (Wildman–Crippen LogP) is 2.18. The molecule has 0 bridgehead atoms. The molecule has 0 aliphatic carbocycles. The third-order valence-corrected chi connectivity index (χ3v) is 2.97. The Labute approximate surface area is 121 Å². The molecule has 1 aromatic rings. The molecule has 1 amide bonds. The minimum Gasteiger partial charge on any atom is -0.377 e. The van der Waals surface area contributed by atoms with E-state index >= 15 is 0 Å². The Morgan fingerprint density at radius 2 is 2.15 bits per heavy atom. The van der Waals surface area contributed by atoms with Crippen LogP contribution in [-0.4, -0.2) is 49.1 Å². The van der Waals surface area contributed by atoms with Crippen LogP contribution in [0, 0.1) is 0 Å². The highest BCUT2D eigenvalue weighted by Crippen LogP contribution is 2.12. The molecular weight excluding hydrogens is 254 g/mol. The van der Waals surface area contributed by atoms with E-state index in [1.54, 1.807) is 25.1 Å². The van der Waals surface area contributed by atoms with Gasteiger partial charge in [0, 0.05) is 31.9 Å². The SMILES string of the molecule is CCc1cc(C(=O)N(C)CCOC(C)C)cc(NC)n1. The molecule has 0 radical (unpaired) electrons. The first-order chi connectivity index (χ1) is 9.47. The van der Waals surface area contributed by atoms with Crippen LogP contribution in [0.4, 0.5) is 5.82 Å². The average molecular weight is 279 g/mol. The van der Waals surface area contributed by atoms with E-state index in [0.29, 0.717) is 18.7 Å². The minimum atomic E-state index is -0.00837. The highest BCUT2D eigenvalue weighted by Gasteiger charge is 2.14. The van der Waals surface area contributed by atoms with Crippen LogP contribution in [0.3, 0.4) is 0 Å². The summed E-state index contributed by atoms with van der Waals surface area (Å²) in [6.07, 6.45) is 0.984. The van der Waals surface area contributed by atoms with E-state index in [1.165, 1.54) is 0 Å². The molecule has 20 heavy (non-hydrogen) atoms. The number of aromatic nitrogens is 1. The third-order valence-electron chi connectivity index (χ3n) is 2.97. The van der Waals surface area contributed by atoms with Gasteiger partial charge in [0.2, 0.25) is 0 Å². The Balaban J connectivity index is 2.75. The van der Waals surface area contributed by atoms with Crippen molar-refractivity contribution in [3.63, 3.8) is 0 Å². The van der Waals surface area contributed by atoms with Crippen molar-refractivity contribution in [3.8, 4) is 0 Å². The molecule has 112 valence electrons. The second kappa shape index (κ2) is 7.85. The molecule has 0 saturated carbocycles. The van der Waals surface area contributed by atoms with Crippen LogP contribution < -0.4 is 5.32 Å². The standard InChI is InChI=1S/C15H25N3O2/c1-6-13-9-12(10-14(16-4)17-13)15(19)18(5)7-8-20-11(2)3/h9-11H,6-8H2,1-5H3,(H,16,17). The Kier molecular flexibility index (Phi) is 6.45. The van der Waals surface area contributed by atoms with Crippen LogP contribution in [0.15, 0.2) is 12.1 Å². The molecule has 0 fully saturated rings. The molecule has 1 heterocycles. The van der Waals surface area contributed by atoms with Crippen LogP contribution >= 0.6 is 0 Å². The summed E-state index contributed by atoms with van der Waals surface area (Å²) in [5.41, 5.74) is 1.57. The fraction of sp³-hybridized carbons (Fsp3) is 0.600. The van der Waals surface area contributed by atoms with Gasteiger partial charge in [-0.1, -0.05) is 6.92 Å².